The van der Waals surface area contributed by atoms with Crippen LogP contribution in [0.15, 0.2) is 46.0 Å². The number of furan rings is 1. The van der Waals surface area contributed by atoms with Crippen molar-refractivity contribution in [2.45, 2.75) is 25.9 Å². The highest BCUT2D eigenvalue weighted by molar-refractivity contribution is 5.91. The number of piperazine rings is 1. The molecule has 0 unspecified atom stereocenters. The highest BCUT2D eigenvalue weighted by Crippen LogP contribution is 2.41. The molecule has 1 amide bonds. The van der Waals surface area contributed by atoms with Crippen LogP contribution in [0.1, 0.15) is 30.0 Å². The minimum Gasteiger partial charge on any atom is -0.488 e. The Morgan fingerprint density at radius 1 is 1.16 bits per heavy atom. The number of hydrogen-bond acceptors (Lipinski definition) is 5. The number of aliphatic imine (C=N–C) groups is 1. The summed E-state index contributed by atoms with van der Waals surface area (Å²) in [4.78, 5) is 20.8. The van der Waals surface area contributed by atoms with Gasteiger partial charge in [-0.3, -0.25) is 9.79 Å². The van der Waals surface area contributed by atoms with Crippen LogP contribution in [-0.2, 0) is 6.42 Å². The smallest absolute Gasteiger partial charge is 0.289 e. The van der Waals surface area contributed by atoms with Crippen molar-refractivity contribution in [2.24, 2.45) is 4.99 Å². The van der Waals surface area contributed by atoms with E-state index in [0.717, 1.165) is 23.9 Å². The van der Waals surface area contributed by atoms with Crippen molar-refractivity contribution in [1.29, 1.82) is 0 Å². The lowest BCUT2D eigenvalue weighted by molar-refractivity contribution is 0.0657. The summed E-state index contributed by atoms with van der Waals surface area (Å²) < 4.78 is 17.3. The van der Waals surface area contributed by atoms with E-state index in [0.29, 0.717) is 45.1 Å². The fraction of sp³-hybridized carbons (Fsp3) is 0.478. The van der Waals surface area contributed by atoms with E-state index in [1.54, 1.807) is 19.2 Å². The van der Waals surface area contributed by atoms with Gasteiger partial charge in [0.15, 0.2) is 23.2 Å². The predicted octanol–water partition coefficient (Wildman–Crippen LogP) is 2.41. The molecule has 2 aliphatic rings. The monoisotopic (exact) mass is 426 g/mol. The molecule has 2 aromatic rings. The molecule has 0 aliphatic carbocycles. The molecule has 166 valence electrons. The van der Waals surface area contributed by atoms with Gasteiger partial charge in [-0.05, 0) is 32.0 Å². The lowest BCUT2D eigenvalue weighted by Crippen LogP contribution is -2.54. The van der Waals surface area contributed by atoms with E-state index >= 15 is 0 Å². The number of rotatable bonds is 5. The number of ether oxygens (including phenoxy) is 2. The number of carbonyl (C=O) groups excluding carboxylic acids is 1. The van der Waals surface area contributed by atoms with E-state index < -0.39 is 0 Å². The van der Waals surface area contributed by atoms with E-state index in [-0.39, 0.29) is 11.5 Å². The zero-order valence-electron chi connectivity index (χ0n) is 18.4. The lowest BCUT2D eigenvalue weighted by atomic mass is 10.0. The standard InChI is InChI=1S/C23H30N4O4/c1-23(2)16-17-6-4-7-18(20(17)31-23)30-15-9-25-22(24-3)27-12-10-26(11-13-27)21(28)19-8-5-14-29-19/h4-8,14H,9-13,15-16H2,1-3H3,(H,24,25). The number of para-hydroxylation sites is 1. The minimum atomic E-state index is -0.192. The molecule has 0 saturated carbocycles. The van der Waals surface area contributed by atoms with E-state index in [1.165, 1.54) is 11.8 Å². The van der Waals surface area contributed by atoms with Crippen molar-refractivity contribution in [3.8, 4) is 11.5 Å². The van der Waals surface area contributed by atoms with Crippen LogP contribution in [0.2, 0.25) is 0 Å². The number of carbonyl (C=O) groups is 1. The normalized spacial score (nSPS) is 17.8. The molecule has 1 aromatic carbocycles. The lowest BCUT2D eigenvalue weighted by Gasteiger charge is -2.36. The number of fused-ring (bicyclic) bond motifs is 1. The molecule has 1 aromatic heterocycles. The molecule has 4 rings (SSSR count). The van der Waals surface area contributed by atoms with Gasteiger partial charge in [0.2, 0.25) is 0 Å². The van der Waals surface area contributed by atoms with Crippen molar-refractivity contribution < 1.29 is 18.7 Å². The van der Waals surface area contributed by atoms with Crippen molar-refractivity contribution in [3.63, 3.8) is 0 Å². The summed E-state index contributed by atoms with van der Waals surface area (Å²) in [5.74, 6) is 2.76. The van der Waals surface area contributed by atoms with Crippen LogP contribution in [-0.4, -0.2) is 73.6 Å². The van der Waals surface area contributed by atoms with Crippen molar-refractivity contribution in [1.82, 2.24) is 15.1 Å². The highest BCUT2D eigenvalue weighted by atomic mass is 16.5. The average molecular weight is 427 g/mol. The first-order chi connectivity index (χ1) is 15.0. The number of amides is 1. The molecule has 1 N–H and O–H groups in total. The van der Waals surface area contributed by atoms with Gasteiger partial charge in [-0.15, -0.1) is 0 Å². The Balaban J connectivity index is 1.23. The molecule has 0 spiro atoms. The van der Waals surface area contributed by atoms with Gasteiger partial charge in [-0.1, -0.05) is 12.1 Å². The van der Waals surface area contributed by atoms with Gasteiger partial charge >= 0.3 is 0 Å². The number of hydrogen-bond donors (Lipinski definition) is 1. The SMILES string of the molecule is CN=C(NCCOc1cccc2c1OC(C)(C)C2)N1CCN(C(=O)c2ccco2)CC1. The Morgan fingerprint density at radius 3 is 2.65 bits per heavy atom. The predicted molar refractivity (Wildman–Crippen MR) is 118 cm³/mol. The van der Waals surface area contributed by atoms with Gasteiger partial charge in [0.05, 0.1) is 12.8 Å². The maximum atomic E-state index is 12.4. The second kappa shape index (κ2) is 8.91. The maximum absolute atomic E-state index is 12.4. The van der Waals surface area contributed by atoms with E-state index in [9.17, 15) is 4.79 Å². The molecule has 1 saturated heterocycles. The maximum Gasteiger partial charge on any atom is 0.289 e. The molecule has 0 atom stereocenters. The summed E-state index contributed by atoms with van der Waals surface area (Å²) >= 11 is 0. The number of guanidine groups is 1. The third-order valence-electron chi connectivity index (χ3n) is 5.51. The van der Waals surface area contributed by atoms with Gasteiger partial charge in [0, 0.05) is 45.2 Å². The molecule has 0 bridgehead atoms. The second-order valence-electron chi connectivity index (χ2n) is 8.36. The van der Waals surface area contributed by atoms with Gasteiger partial charge in [-0.2, -0.15) is 0 Å². The third-order valence-corrected chi connectivity index (χ3v) is 5.51. The van der Waals surface area contributed by atoms with Gasteiger partial charge in [-0.25, -0.2) is 0 Å². The summed E-state index contributed by atoms with van der Waals surface area (Å²) in [6, 6.07) is 9.48. The van der Waals surface area contributed by atoms with Crippen LogP contribution in [0.5, 0.6) is 11.5 Å². The number of benzene rings is 1. The topological polar surface area (TPSA) is 79.5 Å². The fourth-order valence-electron chi connectivity index (χ4n) is 4.03. The van der Waals surface area contributed by atoms with Crippen LogP contribution in [0.4, 0.5) is 0 Å². The molecule has 8 nitrogen and oxygen atoms in total. The van der Waals surface area contributed by atoms with Crippen molar-refractivity contribution in [3.05, 3.63) is 47.9 Å². The number of nitrogens with one attached hydrogen (secondary N) is 1. The second-order valence-corrected chi connectivity index (χ2v) is 8.36. The summed E-state index contributed by atoms with van der Waals surface area (Å²) in [7, 11) is 1.77. The van der Waals surface area contributed by atoms with Crippen LogP contribution in [0.25, 0.3) is 0 Å². The highest BCUT2D eigenvalue weighted by Gasteiger charge is 2.32. The minimum absolute atomic E-state index is 0.0678. The first-order valence-corrected chi connectivity index (χ1v) is 10.7. The first-order valence-electron chi connectivity index (χ1n) is 10.7. The first kappa shape index (κ1) is 21.1. The summed E-state index contributed by atoms with van der Waals surface area (Å²) in [6.45, 7) is 7.96. The Bertz CT molecular complexity index is 931. The average Bonchev–Trinajstić information content (AvgIpc) is 3.40. The van der Waals surface area contributed by atoms with Crippen LogP contribution < -0.4 is 14.8 Å². The Hall–Kier alpha value is -3.16. The quantitative estimate of drug-likeness (QED) is 0.449. The molecule has 3 heterocycles. The Kier molecular flexibility index (Phi) is 6.06. The number of nitrogens with zero attached hydrogens (tertiary/aromatic N) is 3. The molecule has 31 heavy (non-hydrogen) atoms. The van der Waals surface area contributed by atoms with Crippen molar-refractivity contribution >= 4 is 11.9 Å². The zero-order valence-corrected chi connectivity index (χ0v) is 18.4. The summed E-state index contributed by atoms with van der Waals surface area (Å²) in [6.07, 6.45) is 2.41. The van der Waals surface area contributed by atoms with Crippen LogP contribution in [0.3, 0.4) is 0 Å². The van der Waals surface area contributed by atoms with Crippen LogP contribution >= 0.6 is 0 Å². The summed E-state index contributed by atoms with van der Waals surface area (Å²) in [5.41, 5.74) is 0.996. The summed E-state index contributed by atoms with van der Waals surface area (Å²) in [5, 5.41) is 3.35. The van der Waals surface area contributed by atoms with Gasteiger partial charge < -0.3 is 29.0 Å². The van der Waals surface area contributed by atoms with E-state index in [2.05, 4.69) is 35.1 Å². The third kappa shape index (κ3) is 4.78. The van der Waals surface area contributed by atoms with Crippen LogP contribution in [0, 0.1) is 0 Å². The van der Waals surface area contributed by atoms with Crippen molar-refractivity contribution in [2.75, 3.05) is 46.4 Å². The van der Waals surface area contributed by atoms with Gasteiger partial charge in [0.1, 0.15) is 12.2 Å². The molecular weight excluding hydrogens is 396 g/mol. The molecule has 1 fully saturated rings. The molecular formula is C23H30N4O4. The Morgan fingerprint density at radius 2 is 1.94 bits per heavy atom. The molecule has 0 radical (unpaired) electrons. The fourth-order valence-corrected chi connectivity index (χ4v) is 4.03. The Labute approximate surface area is 182 Å². The zero-order chi connectivity index (χ0) is 21.8. The largest absolute Gasteiger partial charge is 0.488 e. The van der Waals surface area contributed by atoms with Gasteiger partial charge in [0.25, 0.3) is 5.91 Å². The molecule has 2 aliphatic heterocycles. The van der Waals surface area contributed by atoms with E-state index in [1.807, 2.05) is 17.0 Å². The molecule has 8 heteroatoms. The van der Waals surface area contributed by atoms with E-state index in [4.69, 9.17) is 13.9 Å².